The molecule has 0 spiro atoms. The quantitative estimate of drug-likeness (QED) is 0.851. The molecule has 1 aliphatic rings. The maximum absolute atomic E-state index is 13.3. The molecular weight excluding hydrogens is 285 g/mol. The Morgan fingerprint density at radius 1 is 1.14 bits per heavy atom. The van der Waals surface area contributed by atoms with E-state index in [1.165, 1.54) is 23.3 Å². The minimum Gasteiger partial charge on any atom is -0.316 e. The summed E-state index contributed by atoms with van der Waals surface area (Å²) < 4.78 is 13.3. The Morgan fingerprint density at radius 2 is 2.00 bits per heavy atom. The van der Waals surface area contributed by atoms with Crippen molar-refractivity contribution < 1.29 is 4.39 Å². The van der Waals surface area contributed by atoms with Gasteiger partial charge in [0.15, 0.2) is 0 Å². The van der Waals surface area contributed by atoms with E-state index in [4.69, 9.17) is 11.6 Å². The van der Waals surface area contributed by atoms with Crippen molar-refractivity contribution in [2.75, 3.05) is 13.1 Å². The largest absolute Gasteiger partial charge is 0.316 e. The minimum absolute atomic E-state index is 0.273. The Bertz CT molecular complexity index is 641. The van der Waals surface area contributed by atoms with Crippen molar-refractivity contribution in [1.82, 2.24) is 5.32 Å². The van der Waals surface area contributed by atoms with Crippen LogP contribution in [0.15, 0.2) is 42.5 Å². The van der Waals surface area contributed by atoms with E-state index < -0.39 is 0 Å². The molecule has 1 N–H and O–H groups in total. The lowest BCUT2D eigenvalue weighted by Gasteiger charge is -2.33. The van der Waals surface area contributed by atoms with Crippen LogP contribution in [0.3, 0.4) is 0 Å². The Kier molecular flexibility index (Phi) is 4.27. The molecule has 2 unspecified atom stereocenters. The van der Waals surface area contributed by atoms with Gasteiger partial charge in [-0.3, -0.25) is 0 Å². The van der Waals surface area contributed by atoms with Gasteiger partial charge in [0.05, 0.1) is 0 Å². The van der Waals surface area contributed by atoms with Crippen LogP contribution in [0.25, 0.3) is 0 Å². The number of nitrogens with one attached hydrogen (secondary N) is 1. The molecule has 2 atom stereocenters. The topological polar surface area (TPSA) is 12.0 Å². The van der Waals surface area contributed by atoms with E-state index in [2.05, 4.69) is 36.5 Å². The molecule has 0 saturated carbocycles. The summed E-state index contributed by atoms with van der Waals surface area (Å²) in [6.45, 7) is 4.02. The molecule has 110 valence electrons. The molecule has 0 bridgehead atoms. The molecule has 21 heavy (non-hydrogen) atoms. The van der Waals surface area contributed by atoms with E-state index in [9.17, 15) is 4.39 Å². The van der Waals surface area contributed by atoms with Crippen LogP contribution in [0.2, 0.25) is 5.02 Å². The van der Waals surface area contributed by atoms with Crippen molar-refractivity contribution in [2.45, 2.75) is 25.2 Å². The highest BCUT2D eigenvalue weighted by atomic mass is 35.5. The lowest BCUT2D eigenvalue weighted by Crippen LogP contribution is -2.34. The van der Waals surface area contributed by atoms with Crippen molar-refractivity contribution in [2.24, 2.45) is 0 Å². The summed E-state index contributed by atoms with van der Waals surface area (Å²) in [6.07, 6.45) is 1.02. The Balaban J connectivity index is 1.98. The van der Waals surface area contributed by atoms with Gasteiger partial charge >= 0.3 is 0 Å². The number of hydrogen-bond donors (Lipinski definition) is 1. The minimum atomic E-state index is -0.273. The molecule has 2 aromatic carbocycles. The van der Waals surface area contributed by atoms with Gasteiger partial charge in [0, 0.05) is 17.5 Å². The van der Waals surface area contributed by atoms with Crippen LogP contribution >= 0.6 is 11.6 Å². The van der Waals surface area contributed by atoms with Crippen LogP contribution in [0.5, 0.6) is 0 Å². The summed E-state index contributed by atoms with van der Waals surface area (Å²) in [5.41, 5.74) is 3.65. The summed E-state index contributed by atoms with van der Waals surface area (Å²) in [5, 5.41) is 4.01. The highest BCUT2D eigenvalue weighted by Crippen LogP contribution is 2.40. The Labute approximate surface area is 130 Å². The van der Waals surface area contributed by atoms with Gasteiger partial charge in [0.1, 0.15) is 5.82 Å². The predicted octanol–water partition coefficient (Wildman–Crippen LogP) is 4.65. The van der Waals surface area contributed by atoms with Crippen LogP contribution < -0.4 is 5.32 Å². The number of rotatable bonds is 2. The fourth-order valence-corrected chi connectivity index (χ4v) is 3.59. The standard InChI is InChI=1S/C18H19ClFN/c1-12-3-2-4-13(9-12)17-11-21-8-7-15(17)16-6-5-14(20)10-18(16)19/h2-6,9-10,15,17,21H,7-8,11H2,1H3. The monoisotopic (exact) mass is 303 g/mol. The van der Waals surface area contributed by atoms with Crippen molar-refractivity contribution in [3.8, 4) is 0 Å². The number of benzene rings is 2. The van der Waals surface area contributed by atoms with Crippen LogP contribution in [0, 0.1) is 12.7 Å². The third-order valence-corrected chi connectivity index (χ3v) is 4.64. The fraction of sp³-hybridized carbons (Fsp3) is 0.333. The van der Waals surface area contributed by atoms with Gasteiger partial charge in [-0.05, 0) is 49.1 Å². The number of hydrogen-bond acceptors (Lipinski definition) is 1. The van der Waals surface area contributed by atoms with E-state index in [0.29, 0.717) is 16.9 Å². The molecule has 0 amide bonds. The van der Waals surface area contributed by atoms with Gasteiger partial charge in [-0.1, -0.05) is 47.5 Å². The molecule has 1 heterocycles. The molecule has 1 aliphatic heterocycles. The van der Waals surface area contributed by atoms with Gasteiger partial charge in [-0.15, -0.1) is 0 Å². The number of piperidine rings is 1. The normalized spacial score (nSPS) is 22.2. The zero-order valence-corrected chi connectivity index (χ0v) is 12.8. The zero-order chi connectivity index (χ0) is 14.8. The molecule has 0 aromatic heterocycles. The predicted molar refractivity (Wildman–Crippen MR) is 85.6 cm³/mol. The van der Waals surface area contributed by atoms with Gasteiger partial charge in [-0.25, -0.2) is 4.39 Å². The first-order chi connectivity index (χ1) is 10.1. The molecule has 3 heteroatoms. The average Bonchev–Trinajstić information content (AvgIpc) is 2.47. The smallest absolute Gasteiger partial charge is 0.124 e. The lowest BCUT2D eigenvalue weighted by atomic mass is 9.77. The van der Waals surface area contributed by atoms with Crippen molar-refractivity contribution in [3.05, 3.63) is 70.0 Å². The molecule has 1 saturated heterocycles. The first-order valence-electron chi connectivity index (χ1n) is 7.37. The molecule has 1 nitrogen and oxygen atoms in total. The van der Waals surface area contributed by atoms with Crippen LogP contribution in [0.4, 0.5) is 4.39 Å². The first-order valence-corrected chi connectivity index (χ1v) is 7.75. The second-order valence-corrected chi connectivity index (χ2v) is 6.19. The third kappa shape index (κ3) is 3.12. The van der Waals surface area contributed by atoms with Gasteiger partial charge in [-0.2, -0.15) is 0 Å². The molecule has 2 aromatic rings. The summed E-state index contributed by atoms with van der Waals surface area (Å²) in [5.74, 6) is 0.438. The van der Waals surface area contributed by atoms with Crippen molar-refractivity contribution >= 4 is 11.6 Å². The molecule has 3 rings (SSSR count). The molecule has 0 aliphatic carbocycles. The third-order valence-electron chi connectivity index (χ3n) is 4.31. The molecular formula is C18H19ClFN. The Hall–Kier alpha value is -1.38. The SMILES string of the molecule is Cc1cccc(C2CNCCC2c2ccc(F)cc2Cl)c1. The Morgan fingerprint density at radius 3 is 2.76 bits per heavy atom. The molecule has 1 fully saturated rings. The number of aryl methyl sites for hydroxylation is 1. The maximum Gasteiger partial charge on any atom is 0.124 e. The van der Waals surface area contributed by atoms with E-state index in [-0.39, 0.29) is 5.82 Å². The summed E-state index contributed by atoms with van der Waals surface area (Å²) in [7, 11) is 0. The number of halogens is 2. The van der Waals surface area contributed by atoms with Crippen molar-refractivity contribution in [3.63, 3.8) is 0 Å². The van der Waals surface area contributed by atoms with Crippen LogP contribution in [0.1, 0.15) is 34.9 Å². The molecule has 0 radical (unpaired) electrons. The van der Waals surface area contributed by atoms with Crippen LogP contribution in [-0.4, -0.2) is 13.1 Å². The lowest BCUT2D eigenvalue weighted by molar-refractivity contribution is 0.404. The highest BCUT2D eigenvalue weighted by Gasteiger charge is 2.29. The summed E-state index contributed by atoms with van der Waals surface area (Å²) >= 11 is 6.29. The van der Waals surface area contributed by atoms with E-state index in [1.54, 1.807) is 0 Å². The van der Waals surface area contributed by atoms with E-state index >= 15 is 0 Å². The van der Waals surface area contributed by atoms with Gasteiger partial charge in [0.25, 0.3) is 0 Å². The highest BCUT2D eigenvalue weighted by molar-refractivity contribution is 6.31. The first kappa shape index (κ1) is 14.6. The van der Waals surface area contributed by atoms with Crippen molar-refractivity contribution in [1.29, 1.82) is 0 Å². The second kappa shape index (κ2) is 6.17. The summed E-state index contributed by atoms with van der Waals surface area (Å²) in [6, 6.07) is 13.4. The zero-order valence-electron chi connectivity index (χ0n) is 12.1. The average molecular weight is 304 g/mol. The van der Waals surface area contributed by atoms with E-state index in [0.717, 1.165) is 25.1 Å². The van der Waals surface area contributed by atoms with Gasteiger partial charge in [0.2, 0.25) is 0 Å². The second-order valence-electron chi connectivity index (χ2n) is 5.79. The van der Waals surface area contributed by atoms with Crippen LogP contribution in [-0.2, 0) is 0 Å². The maximum atomic E-state index is 13.3. The van der Waals surface area contributed by atoms with Gasteiger partial charge < -0.3 is 5.32 Å². The van der Waals surface area contributed by atoms with E-state index in [1.807, 2.05) is 6.07 Å². The fourth-order valence-electron chi connectivity index (χ4n) is 3.28. The summed E-state index contributed by atoms with van der Waals surface area (Å²) in [4.78, 5) is 0.